The van der Waals surface area contributed by atoms with Gasteiger partial charge in [0.15, 0.2) is 18.0 Å². The van der Waals surface area contributed by atoms with Gasteiger partial charge in [-0.1, -0.05) is 38.0 Å². The quantitative estimate of drug-likeness (QED) is 0.482. The second kappa shape index (κ2) is 8.43. The largest absolute Gasteiger partial charge is 0.458 e. The monoisotopic (exact) mass is 472 g/mol. The number of esters is 2. The molecule has 0 aliphatic heterocycles. The van der Waals surface area contributed by atoms with E-state index in [1.165, 1.54) is 12.5 Å². The number of hydrogen-bond donors (Lipinski definition) is 1. The van der Waals surface area contributed by atoms with Crippen LogP contribution in [-0.4, -0.2) is 46.9 Å². The Kier molecular flexibility index (Phi) is 6.16. The number of Topliss-reactive ketones (excluding diaryl/α,β-unsaturated/α-hetero) is 1. The van der Waals surface area contributed by atoms with Crippen molar-refractivity contribution in [3.05, 3.63) is 23.3 Å². The molecule has 4 aliphatic carbocycles. The summed E-state index contributed by atoms with van der Waals surface area (Å²) in [7, 11) is 0. The predicted octanol–water partition coefficient (Wildman–Crippen LogP) is 3.48. The van der Waals surface area contributed by atoms with Crippen LogP contribution in [0.5, 0.6) is 0 Å². The first-order valence-corrected chi connectivity index (χ1v) is 12.4. The van der Waals surface area contributed by atoms with Gasteiger partial charge in [-0.2, -0.15) is 0 Å². The number of ketones is 2. The Labute approximate surface area is 200 Å². The lowest BCUT2D eigenvalue weighted by Crippen LogP contribution is -2.63. The Morgan fingerprint density at radius 2 is 1.94 bits per heavy atom. The molecular weight excluding hydrogens is 436 g/mol. The van der Waals surface area contributed by atoms with Crippen molar-refractivity contribution in [1.29, 1.82) is 0 Å². The molecule has 4 aliphatic rings. The van der Waals surface area contributed by atoms with E-state index in [9.17, 15) is 24.3 Å². The molecule has 7 nitrogen and oxygen atoms in total. The maximum atomic E-state index is 13.5. The third-order valence-electron chi connectivity index (χ3n) is 9.37. The molecule has 0 aromatic carbocycles. The third kappa shape index (κ3) is 3.50. The zero-order chi connectivity index (χ0) is 25.1. The van der Waals surface area contributed by atoms with Crippen LogP contribution in [0.3, 0.4) is 0 Å². The van der Waals surface area contributed by atoms with Crippen molar-refractivity contribution in [1.82, 2.24) is 0 Å². The van der Waals surface area contributed by atoms with Gasteiger partial charge in [0.05, 0.1) is 6.10 Å². The van der Waals surface area contributed by atoms with Crippen molar-refractivity contribution < 1.29 is 33.8 Å². The van der Waals surface area contributed by atoms with Crippen molar-refractivity contribution in [2.45, 2.75) is 84.8 Å². The Morgan fingerprint density at radius 1 is 1.24 bits per heavy atom. The van der Waals surface area contributed by atoms with Crippen LogP contribution in [0.15, 0.2) is 23.3 Å². The topological polar surface area (TPSA) is 107 Å². The molecule has 4 rings (SSSR count). The Morgan fingerprint density at radius 3 is 2.59 bits per heavy atom. The first kappa shape index (κ1) is 24.8. The minimum absolute atomic E-state index is 0.0335. The first-order chi connectivity index (χ1) is 15.9. The number of hydrogen-bond acceptors (Lipinski definition) is 7. The summed E-state index contributed by atoms with van der Waals surface area (Å²) in [4.78, 5) is 49.7. The molecule has 7 heteroatoms. The van der Waals surface area contributed by atoms with Gasteiger partial charge in [0.2, 0.25) is 5.78 Å². The van der Waals surface area contributed by atoms with E-state index < -0.39 is 46.9 Å². The van der Waals surface area contributed by atoms with Crippen LogP contribution in [0.2, 0.25) is 0 Å². The highest BCUT2D eigenvalue weighted by Crippen LogP contribution is 2.68. The van der Waals surface area contributed by atoms with Crippen molar-refractivity contribution in [2.75, 3.05) is 6.61 Å². The van der Waals surface area contributed by atoms with Gasteiger partial charge in [-0.15, -0.1) is 0 Å². The highest BCUT2D eigenvalue weighted by atomic mass is 16.6. The zero-order valence-corrected chi connectivity index (χ0v) is 20.8. The zero-order valence-electron chi connectivity index (χ0n) is 20.8. The summed E-state index contributed by atoms with van der Waals surface area (Å²) in [5.41, 5.74) is -0.375. The molecule has 0 heterocycles. The van der Waals surface area contributed by atoms with Crippen LogP contribution < -0.4 is 0 Å². The van der Waals surface area contributed by atoms with Crippen molar-refractivity contribution in [3.63, 3.8) is 0 Å². The minimum atomic E-state index is -1.44. The van der Waals surface area contributed by atoms with E-state index in [0.717, 1.165) is 12.0 Å². The molecular formula is C27H36O7. The lowest BCUT2D eigenvalue weighted by molar-refractivity contribution is -0.200. The van der Waals surface area contributed by atoms with Crippen LogP contribution >= 0.6 is 0 Å². The Hall–Kier alpha value is -2.28. The second-order valence-corrected chi connectivity index (χ2v) is 11.1. The van der Waals surface area contributed by atoms with Crippen LogP contribution in [-0.2, 0) is 28.7 Å². The second-order valence-electron chi connectivity index (χ2n) is 11.1. The van der Waals surface area contributed by atoms with E-state index in [1.807, 2.05) is 13.0 Å². The van der Waals surface area contributed by atoms with Gasteiger partial charge in [0.25, 0.3) is 0 Å². The molecule has 7 atom stereocenters. The molecule has 0 unspecified atom stereocenters. The summed E-state index contributed by atoms with van der Waals surface area (Å²) in [6.45, 7) is 8.61. The fourth-order valence-electron chi connectivity index (χ4n) is 7.90. The smallest absolute Gasteiger partial charge is 0.306 e. The summed E-state index contributed by atoms with van der Waals surface area (Å²) in [6.07, 6.45) is 5.43. The van der Waals surface area contributed by atoms with E-state index >= 15 is 0 Å². The average Bonchev–Trinajstić information content (AvgIpc) is 3.05. The number of allylic oxidation sites excluding steroid dienone is 4. The number of fused-ring (bicyclic) bond motifs is 5. The van der Waals surface area contributed by atoms with Crippen molar-refractivity contribution >= 4 is 23.5 Å². The summed E-state index contributed by atoms with van der Waals surface area (Å²) < 4.78 is 11.0. The van der Waals surface area contributed by atoms with Crippen LogP contribution in [0.1, 0.15) is 73.1 Å². The van der Waals surface area contributed by atoms with E-state index in [-0.39, 0.29) is 30.0 Å². The predicted molar refractivity (Wildman–Crippen MR) is 123 cm³/mol. The standard InChI is InChI=1S/C27H36O7/c1-6-23(32)34-27(22(31)14-33-16(3)28)10-8-19-18-11-15(2)20-12-17(29)7-9-25(20,4)24(18)21(30)13-26(19,27)5/h7,9,18-19,21,24,30H,6,8,10-14H2,1-5H3/t18-,19-,21-,24+,25-,26-,27-/m0/s1. The van der Waals surface area contributed by atoms with Crippen molar-refractivity contribution in [2.24, 2.45) is 28.6 Å². The number of rotatable bonds is 5. The van der Waals surface area contributed by atoms with Gasteiger partial charge in [-0.25, -0.2) is 0 Å². The van der Waals surface area contributed by atoms with Gasteiger partial charge in [-0.05, 0) is 50.5 Å². The molecule has 0 radical (unpaired) electrons. The highest BCUT2D eigenvalue weighted by Gasteiger charge is 2.70. The molecule has 1 N–H and O–H groups in total. The number of ether oxygens (including phenoxy) is 2. The molecule has 186 valence electrons. The minimum Gasteiger partial charge on any atom is -0.458 e. The van der Waals surface area contributed by atoms with Crippen LogP contribution in [0.4, 0.5) is 0 Å². The van der Waals surface area contributed by atoms with Gasteiger partial charge in [-0.3, -0.25) is 19.2 Å². The number of aliphatic hydroxyl groups excluding tert-OH is 1. The first-order valence-electron chi connectivity index (χ1n) is 12.4. The molecule has 0 bridgehead atoms. The average molecular weight is 473 g/mol. The lowest BCUT2D eigenvalue weighted by Gasteiger charge is -2.60. The molecule has 2 fully saturated rings. The summed E-state index contributed by atoms with van der Waals surface area (Å²) >= 11 is 0. The SMILES string of the molecule is CCC(=O)O[C@]1(C(=O)COC(C)=O)CC[C@H]2[C@@H]3CC(C)=C4CC(=O)C=C[C@]4(C)[C@H]3[C@@H](O)C[C@@]21C. The number of carbonyl (C=O) groups is 4. The van der Waals surface area contributed by atoms with Gasteiger partial charge >= 0.3 is 11.9 Å². The maximum absolute atomic E-state index is 13.5. The van der Waals surface area contributed by atoms with E-state index in [1.54, 1.807) is 13.0 Å². The van der Waals surface area contributed by atoms with Crippen LogP contribution in [0.25, 0.3) is 0 Å². The molecule has 0 amide bonds. The van der Waals surface area contributed by atoms with Crippen LogP contribution in [0, 0.1) is 28.6 Å². The van der Waals surface area contributed by atoms with E-state index in [0.29, 0.717) is 25.7 Å². The van der Waals surface area contributed by atoms with Crippen molar-refractivity contribution in [3.8, 4) is 0 Å². The Balaban J connectivity index is 1.77. The number of carbonyl (C=O) groups excluding carboxylic acids is 4. The van der Waals surface area contributed by atoms with Gasteiger partial charge < -0.3 is 14.6 Å². The molecule has 0 aromatic heterocycles. The normalized spacial score (nSPS) is 40.8. The molecule has 0 aromatic rings. The summed E-state index contributed by atoms with van der Waals surface area (Å²) in [5, 5.41) is 11.6. The number of aliphatic hydroxyl groups is 1. The Bertz CT molecular complexity index is 993. The summed E-state index contributed by atoms with van der Waals surface area (Å²) in [5.74, 6) is -1.36. The maximum Gasteiger partial charge on any atom is 0.306 e. The molecule has 0 spiro atoms. The third-order valence-corrected chi connectivity index (χ3v) is 9.37. The van der Waals surface area contributed by atoms with Gasteiger partial charge in [0.1, 0.15) is 0 Å². The van der Waals surface area contributed by atoms with Gasteiger partial charge in [0, 0.05) is 36.5 Å². The molecule has 0 saturated heterocycles. The van der Waals surface area contributed by atoms with E-state index in [4.69, 9.17) is 9.47 Å². The molecule has 2 saturated carbocycles. The lowest BCUT2D eigenvalue weighted by atomic mass is 9.46. The molecule has 34 heavy (non-hydrogen) atoms. The fourth-order valence-corrected chi connectivity index (χ4v) is 7.90. The summed E-state index contributed by atoms with van der Waals surface area (Å²) in [6, 6.07) is 0. The van der Waals surface area contributed by atoms with E-state index in [2.05, 4.69) is 13.8 Å². The fraction of sp³-hybridized carbons (Fsp3) is 0.704. The highest BCUT2D eigenvalue weighted by molar-refractivity contribution is 5.94.